The number of rotatable bonds is 4. The highest BCUT2D eigenvalue weighted by molar-refractivity contribution is 7.17. The summed E-state index contributed by atoms with van der Waals surface area (Å²) in [6.45, 7) is 0.899. The molecule has 1 aliphatic heterocycles. The van der Waals surface area contributed by atoms with Crippen molar-refractivity contribution < 1.29 is 18.0 Å². The molecule has 0 aliphatic carbocycles. The van der Waals surface area contributed by atoms with E-state index in [0.29, 0.717) is 30.9 Å². The van der Waals surface area contributed by atoms with Crippen molar-refractivity contribution in [3.05, 3.63) is 53.4 Å². The van der Waals surface area contributed by atoms with Gasteiger partial charge in [-0.1, -0.05) is 0 Å². The van der Waals surface area contributed by atoms with Crippen molar-refractivity contribution in [3.8, 4) is 10.6 Å². The van der Waals surface area contributed by atoms with E-state index in [0.717, 1.165) is 23.6 Å². The van der Waals surface area contributed by atoms with Gasteiger partial charge in [-0.3, -0.25) is 9.78 Å². The maximum absolute atomic E-state index is 14.2. The predicted octanol–water partition coefficient (Wildman–Crippen LogP) is 3.68. The molecule has 1 aliphatic rings. The molecule has 3 aromatic rings. The Balaban J connectivity index is 1.51. The molecule has 1 atom stereocenters. The molecule has 0 saturated carbocycles. The third-order valence-corrected chi connectivity index (χ3v) is 5.28. The number of nitrogens with zero attached hydrogens (tertiary/aromatic N) is 4. The minimum absolute atomic E-state index is 0.113. The van der Waals surface area contributed by atoms with Gasteiger partial charge in [0.05, 0.1) is 24.6 Å². The van der Waals surface area contributed by atoms with Gasteiger partial charge in [0.1, 0.15) is 27.7 Å². The lowest BCUT2D eigenvalue weighted by atomic mass is 10.3. The summed E-state index contributed by atoms with van der Waals surface area (Å²) in [6, 6.07) is 4.49. The average Bonchev–Trinajstić information content (AvgIpc) is 3.28. The first-order valence-corrected chi connectivity index (χ1v) is 9.25. The van der Waals surface area contributed by atoms with Crippen LogP contribution in [0, 0.1) is 11.8 Å². The van der Waals surface area contributed by atoms with Gasteiger partial charge in [-0.2, -0.15) is 4.39 Å². The van der Waals surface area contributed by atoms with E-state index in [1.165, 1.54) is 12.4 Å². The maximum atomic E-state index is 14.2. The first-order chi connectivity index (χ1) is 13.5. The molecule has 1 saturated heterocycles. The molecule has 0 unspecified atom stereocenters. The van der Waals surface area contributed by atoms with Crippen molar-refractivity contribution in [2.24, 2.45) is 0 Å². The van der Waals surface area contributed by atoms with E-state index in [2.05, 4.69) is 20.3 Å². The van der Waals surface area contributed by atoms with Crippen LogP contribution >= 0.6 is 11.3 Å². The normalized spacial score (nSPS) is 16.4. The Hall–Kier alpha value is -3.01. The minimum atomic E-state index is -0.925. The van der Waals surface area contributed by atoms with Gasteiger partial charge in [0.15, 0.2) is 0 Å². The summed E-state index contributed by atoms with van der Waals surface area (Å²) in [5.41, 5.74) is 0.650. The topological polar surface area (TPSA) is 71.0 Å². The number of aromatic nitrogens is 3. The maximum Gasteiger partial charge on any atom is 0.270 e. The van der Waals surface area contributed by atoms with Crippen molar-refractivity contribution >= 4 is 28.7 Å². The molecular weight excluding hydrogens is 391 g/mol. The molecule has 1 N–H and O–H groups in total. The number of halogens is 3. The molecule has 0 aromatic carbocycles. The van der Waals surface area contributed by atoms with Crippen molar-refractivity contribution in [1.29, 1.82) is 0 Å². The van der Waals surface area contributed by atoms with Crippen LogP contribution in [-0.4, -0.2) is 40.1 Å². The van der Waals surface area contributed by atoms with Gasteiger partial charge in [-0.15, -0.1) is 11.3 Å². The number of alkyl halides is 1. The monoisotopic (exact) mass is 405 g/mol. The number of thiazole rings is 1. The van der Waals surface area contributed by atoms with E-state index in [1.807, 2.05) is 4.90 Å². The first-order valence-electron chi connectivity index (χ1n) is 8.43. The molecule has 0 radical (unpaired) electrons. The van der Waals surface area contributed by atoms with Crippen LogP contribution in [0.1, 0.15) is 16.1 Å². The number of hydrogen-bond acceptors (Lipinski definition) is 6. The van der Waals surface area contributed by atoms with Crippen LogP contribution in [0.4, 0.5) is 24.7 Å². The Morgan fingerprint density at radius 2 is 2.11 bits per heavy atom. The fourth-order valence-corrected chi connectivity index (χ4v) is 3.69. The largest absolute Gasteiger partial charge is 0.354 e. The Labute approximate surface area is 162 Å². The zero-order chi connectivity index (χ0) is 19.7. The summed E-state index contributed by atoms with van der Waals surface area (Å²) in [6.07, 6.45) is 3.37. The molecule has 1 fully saturated rings. The molecule has 144 valence electrons. The van der Waals surface area contributed by atoms with Gasteiger partial charge in [0.2, 0.25) is 5.95 Å². The fraction of sp³-hybridized carbons (Fsp3) is 0.222. The van der Waals surface area contributed by atoms with Crippen LogP contribution in [0.2, 0.25) is 0 Å². The van der Waals surface area contributed by atoms with Crippen LogP contribution in [-0.2, 0) is 0 Å². The highest BCUT2D eigenvalue weighted by Gasteiger charge is 2.23. The summed E-state index contributed by atoms with van der Waals surface area (Å²) in [4.78, 5) is 25.6. The van der Waals surface area contributed by atoms with Crippen LogP contribution in [0.3, 0.4) is 0 Å². The number of anilines is 2. The van der Waals surface area contributed by atoms with Gasteiger partial charge in [0.25, 0.3) is 5.91 Å². The predicted molar refractivity (Wildman–Crippen MR) is 99.2 cm³/mol. The highest BCUT2D eigenvalue weighted by atomic mass is 32.1. The smallest absolute Gasteiger partial charge is 0.270 e. The SMILES string of the molecule is O=C(Nc1cncc(F)c1)c1sc(-c2ccc(N3CC[C@@H](F)C3)nc2)nc1F. The van der Waals surface area contributed by atoms with E-state index < -0.39 is 23.8 Å². The van der Waals surface area contributed by atoms with E-state index in [9.17, 15) is 18.0 Å². The number of amides is 1. The second-order valence-corrected chi connectivity index (χ2v) is 7.22. The number of nitrogens with one attached hydrogen (secondary N) is 1. The Morgan fingerprint density at radius 3 is 2.79 bits per heavy atom. The van der Waals surface area contributed by atoms with Crippen molar-refractivity contribution in [3.63, 3.8) is 0 Å². The third kappa shape index (κ3) is 3.81. The Kier molecular flexibility index (Phi) is 4.95. The number of carbonyl (C=O) groups excluding carboxylic acids is 1. The third-order valence-electron chi connectivity index (χ3n) is 4.20. The molecule has 0 bridgehead atoms. The standard InChI is InChI=1S/C18H14F3N5OS/c19-11-3-4-26(9-11)14-2-1-10(6-23-14)18-25-16(21)15(28-18)17(27)24-13-5-12(20)7-22-8-13/h1-2,5-8,11H,3-4,9H2,(H,24,27)/t11-/m1/s1. The Morgan fingerprint density at radius 1 is 1.25 bits per heavy atom. The first kappa shape index (κ1) is 18.4. The zero-order valence-corrected chi connectivity index (χ0v) is 15.2. The number of pyridine rings is 2. The summed E-state index contributed by atoms with van der Waals surface area (Å²) < 4.78 is 40.7. The Bertz CT molecular complexity index is 1010. The molecule has 3 aromatic heterocycles. The summed E-state index contributed by atoms with van der Waals surface area (Å²) >= 11 is 0.857. The van der Waals surface area contributed by atoms with Gasteiger partial charge in [0, 0.05) is 24.4 Å². The lowest BCUT2D eigenvalue weighted by Gasteiger charge is -2.15. The van der Waals surface area contributed by atoms with E-state index in [-0.39, 0.29) is 15.6 Å². The number of carbonyl (C=O) groups is 1. The van der Waals surface area contributed by atoms with Crippen LogP contribution in [0.5, 0.6) is 0 Å². The van der Waals surface area contributed by atoms with Crippen LogP contribution in [0.25, 0.3) is 10.6 Å². The van der Waals surface area contributed by atoms with Crippen LogP contribution in [0.15, 0.2) is 36.8 Å². The fourth-order valence-electron chi connectivity index (χ4n) is 2.86. The second kappa shape index (κ2) is 7.55. The van der Waals surface area contributed by atoms with Crippen molar-refractivity contribution in [1.82, 2.24) is 15.0 Å². The van der Waals surface area contributed by atoms with Crippen LogP contribution < -0.4 is 10.2 Å². The molecule has 28 heavy (non-hydrogen) atoms. The highest BCUT2D eigenvalue weighted by Crippen LogP contribution is 2.29. The zero-order valence-electron chi connectivity index (χ0n) is 14.4. The average molecular weight is 405 g/mol. The summed E-state index contributed by atoms with van der Waals surface area (Å²) in [7, 11) is 0. The van der Waals surface area contributed by atoms with Crippen molar-refractivity contribution in [2.45, 2.75) is 12.6 Å². The molecule has 4 heterocycles. The lowest BCUT2D eigenvalue weighted by molar-refractivity contribution is 0.102. The molecule has 0 spiro atoms. The quantitative estimate of drug-likeness (QED) is 0.717. The van der Waals surface area contributed by atoms with E-state index >= 15 is 0 Å². The molecule has 1 amide bonds. The molecule has 10 heteroatoms. The minimum Gasteiger partial charge on any atom is -0.354 e. The summed E-state index contributed by atoms with van der Waals surface area (Å²) in [5.74, 6) is -1.65. The van der Waals surface area contributed by atoms with E-state index in [4.69, 9.17) is 0 Å². The second-order valence-electron chi connectivity index (χ2n) is 6.22. The van der Waals surface area contributed by atoms with Crippen molar-refractivity contribution in [2.75, 3.05) is 23.3 Å². The summed E-state index contributed by atoms with van der Waals surface area (Å²) in [5, 5.41) is 2.67. The van der Waals surface area contributed by atoms with Gasteiger partial charge in [-0.25, -0.2) is 18.7 Å². The molecule has 4 rings (SSSR count). The van der Waals surface area contributed by atoms with Gasteiger partial charge < -0.3 is 10.2 Å². The lowest BCUT2D eigenvalue weighted by Crippen LogP contribution is -2.20. The van der Waals surface area contributed by atoms with E-state index in [1.54, 1.807) is 12.1 Å². The van der Waals surface area contributed by atoms with Gasteiger partial charge in [-0.05, 0) is 18.6 Å². The molecule has 6 nitrogen and oxygen atoms in total. The van der Waals surface area contributed by atoms with Gasteiger partial charge >= 0.3 is 0 Å². The molecular formula is C18H14F3N5OS. The number of hydrogen-bond donors (Lipinski definition) is 1.